The molecule has 0 amide bonds. The Morgan fingerprint density at radius 2 is 1.79 bits per heavy atom. The lowest BCUT2D eigenvalue weighted by Crippen LogP contribution is -2.59. The van der Waals surface area contributed by atoms with Crippen molar-refractivity contribution in [2.45, 2.75) is 62.3 Å². The van der Waals surface area contributed by atoms with Crippen LogP contribution in [0.2, 0.25) is 0 Å². The number of benzene rings is 2. The minimum absolute atomic E-state index is 0.117. The normalized spacial score (nSPS) is 23.5. The van der Waals surface area contributed by atoms with Crippen LogP contribution in [0.25, 0.3) is 0 Å². The van der Waals surface area contributed by atoms with Gasteiger partial charge in [-0.2, -0.15) is 0 Å². The van der Waals surface area contributed by atoms with Gasteiger partial charge in [-0.25, -0.2) is 22.5 Å². The van der Waals surface area contributed by atoms with Crippen molar-refractivity contribution >= 4 is 16.0 Å². The highest BCUT2D eigenvalue weighted by molar-refractivity contribution is 7.90. The number of rotatable bonds is 9. The van der Waals surface area contributed by atoms with Gasteiger partial charge >= 0.3 is 0 Å². The van der Waals surface area contributed by atoms with Crippen LogP contribution in [0.3, 0.4) is 0 Å². The highest BCUT2D eigenvalue weighted by Crippen LogP contribution is 2.32. The van der Waals surface area contributed by atoms with Gasteiger partial charge in [-0.3, -0.25) is 0 Å². The number of likely N-dealkylation sites (tertiary alicyclic amines) is 1. The topological polar surface area (TPSA) is 111 Å². The second-order valence-corrected chi connectivity index (χ2v) is 12.5. The summed E-state index contributed by atoms with van der Waals surface area (Å²) in [7, 11) is -3.86. The number of aliphatic hydroxyl groups excluding tert-OH is 2. The van der Waals surface area contributed by atoms with Crippen LogP contribution in [0.4, 0.5) is 4.39 Å². The first kappa shape index (κ1) is 28.5. The molecule has 2 atom stereocenters. The maximum absolute atomic E-state index is 14.4. The van der Waals surface area contributed by atoms with Crippen LogP contribution in [0.1, 0.15) is 61.8 Å². The predicted octanol–water partition coefficient (Wildman–Crippen LogP) is 3.12. The highest BCUT2D eigenvalue weighted by atomic mass is 32.2. The number of halogens is 1. The van der Waals surface area contributed by atoms with Crippen LogP contribution in [-0.4, -0.2) is 73.3 Å². The summed E-state index contributed by atoms with van der Waals surface area (Å²) in [6.45, 7) is 6.00. The van der Waals surface area contributed by atoms with Gasteiger partial charge in [0.05, 0.1) is 12.6 Å². The summed E-state index contributed by atoms with van der Waals surface area (Å²) in [5.74, 6) is -0.0239. The summed E-state index contributed by atoms with van der Waals surface area (Å²) in [4.78, 5) is 6.63. The fraction of sp³-hybridized carbons (Fsp3) is 0.536. The quantitative estimate of drug-likeness (QED) is 0.445. The van der Waals surface area contributed by atoms with Gasteiger partial charge in [0, 0.05) is 18.7 Å². The number of hydrogen-bond acceptors (Lipinski definition) is 7. The average molecular weight is 548 g/mol. The maximum Gasteiger partial charge on any atom is 0.299 e. The Bertz CT molecular complexity index is 1210. The lowest BCUT2D eigenvalue weighted by molar-refractivity contribution is 0.0759. The highest BCUT2D eigenvalue weighted by Gasteiger charge is 2.47. The molecule has 2 aromatic rings. The van der Waals surface area contributed by atoms with E-state index >= 15 is 0 Å². The zero-order valence-corrected chi connectivity index (χ0v) is 22.8. The Kier molecular flexibility index (Phi) is 9.07. The van der Waals surface area contributed by atoms with E-state index in [1.807, 2.05) is 12.1 Å². The third kappa shape index (κ3) is 6.72. The van der Waals surface area contributed by atoms with Gasteiger partial charge in [-0.1, -0.05) is 42.5 Å². The van der Waals surface area contributed by atoms with Crippen molar-refractivity contribution in [3.8, 4) is 0 Å². The molecule has 0 aliphatic carbocycles. The van der Waals surface area contributed by atoms with E-state index in [0.29, 0.717) is 12.5 Å². The second-order valence-electron chi connectivity index (χ2n) is 10.6. The fourth-order valence-electron chi connectivity index (χ4n) is 5.38. The zero-order chi connectivity index (χ0) is 27.3. The van der Waals surface area contributed by atoms with Crippen LogP contribution in [0, 0.1) is 5.82 Å². The average Bonchev–Trinajstić information content (AvgIpc) is 2.87. The molecular weight excluding hydrogens is 509 g/mol. The Morgan fingerprint density at radius 1 is 1.11 bits per heavy atom. The molecular formula is C28H38FN3O5S. The van der Waals surface area contributed by atoms with Crippen LogP contribution in [0.15, 0.2) is 53.5 Å². The molecule has 0 saturated carbocycles. The SMILES string of the molecule is CC1(C)OC(=N[C@@H](CCO)c2ccccc2F)NS(=O)(=O)C1Cc1ccc(C2CCN(CCO)CC2)cc1. The van der Waals surface area contributed by atoms with E-state index < -0.39 is 32.7 Å². The largest absolute Gasteiger partial charge is 0.457 e. The smallest absolute Gasteiger partial charge is 0.299 e. The lowest BCUT2D eigenvalue weighted by atomic mass is 9.88. The molecule has 0 aromatic heterocycles. The second kappa shape index (κ2) is 12.1. The number of amidine groups is 1. The van der Waals surface area contributed by atoms with E-state index in [9.17, 15) is 17.9 Å². The van der Waals surface area contributed by atoms with Crippen molar-refractivity contribution in [1.29, 1.82) is 0 Å². The number of sulfonamides is 1. The van der Waals surface area contributed by atoms with E-state index in [0.717, 1.165) is 31.5 Å². The van der Waals surface area contributed by atoms with Gasteiger partial charge in [0.15, 0.2) is 0 Å². The van der Waals surface area contributed by atoms with Crippen molar-refractivity contribution in [2.24, 2.45) is 4.99 Å². The molecule has 0 radical (unpaired) electrons. The molecule has 2 heterocycles. The zero-order valence-electron chi connectivity index (χ0n) is 22.0. The van der Waals surface area contributed by atoms with E-state index in [2.05, 4.69) is 26.7 Å². The summed E-state index contributed by atoms with van der Waals surface area (Å²) in [5.41, 5.74) is 1.30. The molecule has 2 aliphatic rings. The Hall–Kier alpha value is -2.53. The van der Waals surface area contributed by atoms with Crippen LogP contribution < -0.4 is 4.72 Å². The Labute approximate surface area is 224 Å². The summed E-state index contributed by atoms with van der Waals surface area (Å²) >= 11 is 0. The molecule has 38 heavy (non-hydrogen) atoms. The van der Waals surface area contributed by atoms with Gasteiger partial charge in [0.1, 0.15) is 16.7 Å². The van der Waals surface area contributed by atoms with Gasteiger partial charge in [-0.05, 0) is 75.7 Å². The van der Waals surface area contributed by atoms with Gasteiger partial charge in [-0.15, -0.1) is 0 Å². The minimum atomic E-state index is -3.86. The van der Waals surface area contributed by atoms with E-state index in [1.165, 1.54) is 11.6 Å². The Balaban J connectivity index is 1.47. The third-order valence-corrected chi connectivity index (χ3v) is 9.50. The van der Waals surface area contributed by atoms with Gasteiger partial charge in [0.2, 0.25) is 10.0 Å². The molecule has 2 aromatic carbocycles. The van der Waals surface area contributed by atoms with Gasteiger partial charge in [0.25, 0.3) is 6.02 Å². The van der Waals surface area contributed by atoms with E-state index in [1.54, 1.807) is 32.0 Å². The molecule has 1 unspecified atom stereocenters. The monoisotopic (exact) mass is 547 g/mol. The first-order chi connectivity index (χ1) is 18.1. The van der Waals surface area contributed by atoms with Crippen molar-refractivity contribution < 1.29 is 27.8 Å². The fourth-order valence-corrected chi connectivity index (χ4v) is 7.07. The summed E-state index contributed by atoms with van der Waals surface area (Å²) in [5, 5.41) is 17.8. The van der Waals surface area contributed by atoms with Crippen LogP contribution in [0.5, 0.6) is 0 Å². The molecule has 2 aliphatic heterocycles. The van der Waals surface area contributed by atoms with Crippen LogP contribution in [-0.2, 0) is 21.2 Å². The number of aliphatic hydroxyl groups is 2. The first-order valence-electron chi connectivity index (χ1n) is 13.2. The molecule has 3 N–H and O–H groups in total. The minimum Gasteiger partial charge on any atom is -0.457 e. The van der Waals surface area contributed by atoms with Crippen molar-refractivity contribution in [2.75, 3.05) is 32.8 Å². The number of hydrogen-bond donors (Lipinski definition) is 3. The number of β-amino-alcohol motifs (C(OH)–C–C–N with tert-alkyl or cyclic N) is 1. The molecule has 2 saturated heterocycles. The maximum atomic E-state index is 14.4. The Morgan fingerprint density at radius 3 is 2.39 bits per heavy atom. The number of aliphatic imine (C=N–C) groups is 1. The van der Waals surface area contributed by atoms with Gasteiger partial charge < -0.3 is 19.8 Å². The van der Waals surface area contributed by atoms with Crippen LogP contribution >= 0.6 is 0 Å². The summed E-state index contributed by atoms with van der Waals surface area (Å²) < 4.78 is 49.5. The summed E-state index contributed by atoms with van der Waals surface area (Å²) in [6.07, 6.45) is 2.45. The molecule has 0 spiro atoms. The van der Waals surface area contributed by atoms with E-state index in [-0.39, 0.29) is 37.6 Å². The molecule has 4 rings (SSSR count). The lowest BCUT2D eigenvalue weighted by Gasteiger charge is -2.39. The first-order valence-corrected chi connectivity index (χ1v) is 14.7. The molecule has 0 bridgehead atoms. The van der Waals surface area contributed by atoms with Crippen molar-refractivity contribution in [3.05, 3.63) is 71.0 Å². The molecule has 2 fully saturated rings. The predicted molar refractivity (Wildman–Crippen MR) is 145 cm³/mol. The number of nitrogens with zero attached hydrogens (tertiary/aromatic N) is 2. The third-order valence-electron chi connectivity index (χ3n) is 7.56. The van der Waals surface area contributed by atoms with Crippen molar-refractivity contribution in [1.82, 2.24) is 9.62 Å². The number of nitrogens with one attached hydrogen (secondary N) is 1. The standard InChI is InChI=1S/C28H38FN3O5S/c1-28(2)26(19-20-7-9-21(10-8-20)22-11-14-32(15-12-22)16-18-34)38(35,36)31-27(37-28)30-25(13-17-33)23-5-3-4-6-24(23)29/h3-10,22,25-26,33-34H,11-19H2,1-2H3,(H,30,31)/t25-,26?/m0/s1. The molecule has 208 valence electrons. The number of piperidine rings is 1. The summed E-state index contributed by atoms with van der Waals surface area (Å²) in [6, 6.07) is 13.2. The molecule has 10 heteroatoms. The molecule has 8 nitrogen and oxygen atoms in total. The number of ether oxygens (including phenoxy) is 1. The van der Waals surface area contributed by atoms with Crippen molar-refractivity contribution in [3.63, 3.8) is 0 Å². The van der Waals surface area contributed by atoms with E-state index in [4.69, 9.17) is 9.84 Å².